The van der Waals surface area contributed by atoms with Gasteiger partial charge in [0.2, 0.25) is 0 Å². The highest BCUT2D eigenvalue weighted by molar-refractivity contribution is 5.85. The van der Waals surface area contributed by atoms with E-state index in [-0.39, 0.29) is 24.1 Å². The van der Waals surface area contributed by atoms with Crippen LogP contribution in [0.15, 0.2) is 79.3 Å². The van der Waals surface area contributed by atoms with Crippen LogP contribution >= 0.6 is 12.4 Å². The van der Waals surface area contributed by atoms with E-state index in [0.29, 0.717) is 6.42 Å². The van der Waals surface area contributed by atoms with Crippen molar-refractivity contribution in [2.24, 2.45) is 0 Å². The van der Waals surface area contributed by atoms with Crippen molar-refractivity contribution in [2.75, 3.05) is 7.11 Å². The smallest absolute Gasteiger partial charge is 0.123 e. The topological polar surface area (TPSA) is 47.9 Å². The molecule has 0 spiro atoms. The van der Waals surface area contributed by atoms with Crippen molar-refractivity contribution in [1.82, 2.24) is 15.0 Å². The number of rotatable bonds is 7. The highest BCUT2D eigenvalue weighted by Crippen LogP contribution is 2.27. The fourth-order valence-electron chi connectivity index (χ4n) is 3.62. The van der Waals surface area contributed by atoms with Crippen LogP contribution < -0.4 is 4.74 Å². The number of ether oxygens (including phenoxy) is 1. The van der Waals surface area contributed by atoms with Gasteiger partial charge in [0.05, 0.1) is 12.8 Å². The third kappa shape index (κ3) is 5.89. The molecule has 0 aliphatic carbocycles. The molecule has 4 nitrogen and oxygen atoms in total. The Morgan fingerprint density at radius 2 is 1.59 bits per heavy atom. The second-order valence-electron chi connectivity index (χ2n) is 7.60. The van der Waals surface area contributed by atoms with E-state index in [1.807, 2.05) is 36.4 Å². The monoisotopic (exact) mass is 449 g/mol. The molecule has 0 N–H and O–H groups in total. The van der Waals surface area contributed by atoms with Crippen LogP contribution in [0.5, 0.6) is 5.75 Å². The summed E-state index contributed by atoms with van der Waals surface area (Å²) in [5.41, 5.74) is 6.09. The van der Waals surface area contributed by atoms with Crippen LogP contribution in [-0.4, -0.2) is 22.1 Å². The van der Waals surface area contributed by atoms with Crippen molar-refractivity contribution in [1.29, 1.82) is 0 Å². The summed E-state index contributed by atoms with van der Waals surface area (Å²) in [7, 11) is 1.66. The molecule has 4 rings (SSSR count). The Balaban J connectivity index is 0.00000289. The first-order chi connectivity index (χ1) is 15.1. The number of pyridine rings is 1. The van der Waals surface area contributed by atoms with E-state index in [0.717, 1.165) is 45.9 Å². The first-order valence-electron chi connectivity index (χ1n) is 10.3. The lowest BCUT2D eigenvalue weighted by atomic mass is 9.94. The Bertz CT molecular complexity index is 1140. The third-order valence-electron chi connectivity index (χ3n) is 5.29. The summed E-state index contributed by atoms with van der Waals surface area (Å²) in [6.45, 7) is 2.14. The zero-order chi connectivity index (χ0) is 21.6. The van der Waals surface area contributed by atoms with Crippen molar-refractivity contribution in [2.45, 2.75) is 25.7 Å². The number of nitrogens with zero attached hydrogens (tertiary/aromatic N) is 3. The van der Waals surface area contributed by atoms with Gasteiger partial charge in [-0.1, -0.05) is 31.2 Å². The molecule has 0 fully saturated rings. The molecule has 0 unspecified atom stereocenters. The summed E-state index contributed by atoms with van der Waals surface area (Å²) < 4.78 is 18.6. The first kappa shape index (κ1) is 23.4. The second-order valence-corrected chi connectivity index (χ2v) is 7.60. The maximum absolute atomic E-state index is 13.3. The average molecular weight is 450 g/mol. The second kappa shape index (κ2) is 10.8. The predicted octanol–water partition coefficient (Wildman–Crippen LogP) is 6.05. The molecule has 2 aromatic heterocycles. The van der Waals surface area contributed by atoms with Crippen molar-refractivity contribution < 1.29 is 9.13 Å². The summed E-state index contributed by atoms with van der Waals surface area (Å²) >= 11 is 0. The number of hydrogen-bond donors (Lipinski definition) is 0. The molecule has 0 radical (unpaired) electrons. The highest BCUT2D eigenvalue weighted by Gasteiger charge is 2.12. The van der Waals surface area contributed by atoms with Gasteiger partial charge in [-0.2, -0.15) is 0 Å². The molecule has 4 aromatic rings. The molecule has 0 bridgehead atoms. The van der Waals surface area contributed by atoms with Gasteiger partial charge in [-0.3, -0.25) is 15.0 Å². The van der Waals surface area contributed by atoms with Crippen molar-refractivity contribution in [3.8, 4) is 16.9 Å². The summed E-state index contributed by atoms with van der Waals surface area (Å²) in [5.74, 6) is 0.813. The summed E-state index contributed by atoms with van der Waals surface area (Å²) in [6, 6.07) is 18.9. The van der Waals surface area contributed by atoms with Gasteiger partial charge < -0.3 is 4.74 Å². The number of hydrogen-bond acceptors (Lipinski definition) is 4. The minimum atomic E-state index is -0.221. The molecule has 0 saturated carbocycles. The van der Waals surface area contributed by atoms with E-state index >= 15 is 0 Å². The van der Waals surface area contributed by atoms with Crippen LogP contribution in [0.2, 0.25) is 0 Å². The lowest BCUT2D eigenvalue weighted by Gasteiger charge is -2.14. The lowest BCUT2D eigenvalue weighted by molar-refractivity contribution is 0.415. The zero-order valence-electron chi connectivity index (χ0n) is 18.0. The molecule has 164 valence electrons. The minimum absolute atomic E-state index is 0. The zero-order valence-corrected chi connectivity index (χ0v) is 18.8. The van der Waals surface area contributed by atoms with Crippen LogP contribution in [0.4, 0.5) is 4.39 Å². The van der Waals surface area contributed by atoms with Gasteiger partial charge in [0.1, 0.15) is 11.6 Å². The van der Waals surface area contributed by atoms with Gasteiger partial charge in [-0.25, -0.2) is 4.39 Å². The largest absolute Gasteiger partial charge is 0.497 e. The van der Waals surface area contributed by atoms with Crippen LogP contribution in [-0.2, 0) is 12.8 Å². The van der Waals surface area contributed by atoms with Crippen molar-refractivity contribution >= 4 is 12.4 Å². The van der Waals surface area contributed by atoms with Gasteiger partial charge in [0, 0.05) is 36.4 Å². The standard InChI is InChI=1S/C26H24FN3O.ClH/c1-18(19-3-7-22(27)8-4-19)13-23-14-21(20-5-9-26(31-2)10-6-20)15-24(30-23)16-25-17-28-11-12-29-25;/h3-12,14-15,17-18H,13,16H2,1-2H3;1H/t18-;/m1./s1. The lowest BCUT2D eigenvalue weighted by Crippen LogP contribution is -2.04. The fraction of sp³-hybridized carbons (Fsp3) is 0.192. The van der Waals surface area contributed by atoms with Crippen LogP contribution in [0.3, 0.4) is 0 Å². The predicted molar refractivity (Wildman–Crippen MR) is 127 cm³/mol. The summed E-state index contributed by atoms with van der Waals surface area (Å²) in [5, 5.41) is 0. The highest BCUT2D eigenvalue weighted by atomic mass is 35.5. The Hall–Kier alpha value is -3.31. The van der Waals surface area contributed by atoms with Gasteiger partial charge in [-0.15, -0.1) is 12.4 Å². The van der Waals surface area contributed by atoms with Crippen LogP contribution in [0.1, 0.15) is 35.5 Å². The van der Waals surface area contributed by atoms with E-state index in [1.165, 1.54) is 12.1 Å². The van der Waals surface area contributed by atoms with Crippen LogP contribution in [0.25, 0.3) is 11.1 Å². The first-order valence-corrected chi connectivity index (χ1v) is 10.3. The molecule has 2 aromatic carbocycles. The van der Waals surface area contributed by atoms with Crippen LogP contribution in [0, 0.1) is 5.82 Å². The molecule has 0 saturated heterocycles. The van der Waals surface area contributed by atoms with Gasteiger partial charge >= 0.3 is 0 Å². The summed E-state index contributed by atoms with van der Waals surface area (Å²) in [4.78, 5) is 13.5. The third-order valence-corrected chi connectivity index (χ3v) is 5.29. The molecular formula is C26H25ClFN3O. The molecule has 2 heterocycles. The maximum Gasteiger partial charge on any atom is 0.123 e. The molecular weight excluding hydrogens is 425 g/mol. The molecule has 0 aliphatic rings. The number of halogens is 2. The Morgan fingerprint density at radius 3 is 2.25 bits per heavy atom. The fourth-order valence-corrected chi connectivity index (χ4v) is 3.62. The van der Waals surface area contributed by atoms with E-state index in [1.54, 1.807) is 25.7 Å². The van der Waals surface area contributed by atoms with E-state index in [2.05, 4.69) is 29.0 Å². The van der Waals surface area contributed by atoms with Crippen molar-refractivity contribution in [3.05, 3.63) is 108 Å². The van der Waals surface area contributed by atoms with Gasteiger partial charge in [0.25, 0.3) is 0 Å². The molecule has 1 atom stereocenters. The number of aromatic nitrogens is 3. The molecule has 32 heavy (non-hydrogen) atoms. The number of methoxy groups -OCH3 is 1. The van der Waals surface area contributed by atoms with E-state index < -0.39 is 0 Å². The van der Waals surface area contributed by atoms with E-state index in [4.69, 9.17) is 9.72 Å². The maximum atomic E-state index is 13.3. The minimum Gasteiger partial charge on any atom is -0.497 e. The molecule has 0 amide bonds. The average Bonchev–Trinajstić information content (AvgIpc) is 2.80. The Kier molecular flexibility index (Phi) is 7.90. The Morgan fingerprint density at radius 1 is 0.875 bits per heavy atom. The normalized spacial score (nSPS) is 11.5. The van der Waals surface area contributed by atoms with E-state index in [9.17, 15) is 4.39 Å². The molecule has 6 heteroatoms. The van der Waals surface area contributed by atoms with Crippen molar-refractivity contribution in [3.63, 3.8) is 0 Å². The SMILES string of the molecule is COc1ccc(-c2cc(Cc3cnccn3)nc(C[C@@H](C)c3ccc(F)cc3)c2)cc1.Cl. The molecule has 0 aliphatic heterocycles. The van der Waals surface area contributed by atoms with Gasteiger partial charge in [0.15, 0.2) is 0 Å². The van der Waals surface area contributed by atoms with Gasteiger partial charge in [-0.05, 0) is 65.4 Å². The number of benzene rings is 2. The summed E-state index contributed by atoms with van der Waals surface area (Å²) in [6.07, 6.45) is 6.49. The quantitative estimate of drug-likeness (QED) is 0.345. The Labute approximate surface area is 194 Å².